The average Bonchev–Trinajstić information content (AvgIpc) is 2.88. The maximum Gasteiger partial charge on any atom is 0.254 e. The number of benzene rings is 2. The number of hydrogen-bond acceptors (Lipinski definition) is 4. The number of nitrogens with one attached hydrogen (secondary N) is 1. The summed E-state index contributed by atoms with van der Waals surface area (Å²) >= 11 is 0. The van der Waals surface area contributed by atoms with Crippen LogP contribution in [0.4, 0.5) is 0 Å². The second-order valence-electron chi connectivity index (χ2n) is 9.31. The smallest absolute Gasteiger partial charge is 0.254 e. The fourth-order valence-corrected chi connectivity index (χ4v) is 5.72. The molecule has 34 heavy (non-hydrogen) atoms. The summed E-state index contributed by atoms with van der Waals surface area (Å²) < 4.78 is 11.1. The molecule has 0 unspecified atom stereocenters. The van der Waals surface area contributed by atoms with Crippen molar-refractivity contribution in [2.24, 2.45) is 0 Å². The zero-order valence-corrected chi connectivity index (χ0v) is 19.9. The molecule has 0 radical (unpaired) electrons. The molecule has 2 aliphatic heterocycles. The number of nitrogens with zero attached hydrogens (tertiary/aromatic N) is 1. The second kappa shape index (κ2) is 9.53. The van der Waals surface area contributed by atoms with Crippen LogP contribution in [0.2, 0.25) is 0 Å². The molecule has 1 N–H and O–H groups in total. The molecule has 0 spiro atoms. The highest BCUT2D eigenvalue weighted by Crippen LogP contribution is 2.48. The Kier molecular flexibility index (Phi) is 6.31. The molecule has 0 bridgehead atoms. The van der Waals surface area contributed by atoms with Gasteiger partial charge in [0.25, 0.3) is 5.91 Å². The molecule has 0 fully saturated rings. The number of fused-ring (bicyclic) bond motifs is 4. The van der Waals surface area contributed by atoms with E-state index in [-0.39, 0.29) is 17.9 Å². The Morgan fingerprint density at radius 3 is 2.62 bits per heavy atom. The summed E-state index contributed by atoms with van der Waals surface area (Å²) in [6.07, 6.45) is 8.67. The van der Waals surface area contributed by atoms with Crippen LogP contribution in [0, 0.1) is 0 Å². The van der Waals surface area contributed by atoms with E-state index in [2.05, 4.69) is 11.4 Å². The van der Waals surface area contributed by atoms with Gasteiger partial charge in [-0.1, -0.05) is 29.8 Å². The third-order valence-corrected chi connectivity index (χ3v) is 7.44. The van der Waals surface area contributed by atoms with Crippen LogP contribution in [-0.2, 0) is 11.2 Å². The largest absolute Gasteiger partial charge is 0.493 e. The maximum absolute atomic E-state index is 13.7. The number of allylic oxidation sites excluding steroid dienone is 1. The van der Waals surface area contributed by atoms with E-state index in [1.807, 2.05) is 41.3 Å². The van der Waals surface area contributed by atoms with Gasteiger partial charge >= 0.3 is 0 Å². The number of methoxy groups -OCH3 is 2. The van der Waals surface area contributed by atoms with E-state index in [0.29, 0.717) is 36.6 Å². The summed E-state index contributed by atoms with van der Waals surface area (Å²) in [5.74, 6) is 0.745. The van der Waals surface area contributed by atoms with Gasteiger partial charge in [0, 0.05) is 18.7 Å². The number of hydrogen-bond donors (Lipinski definition) is 1. The Labute approximate surface area is 200 Å². The first-order valence-corrected chi connectivity index (χ1v) is 12.2. The van der Waals surface area contributed by atoms with Gasteiger partial charge in [-0.2, -0.15) is 0 Å². The van der Waals surface area contributed by atoms with Gasteiger partial charge in [0.15, 0.2) is 11.5 Å². The Morgan fingerprint density at radius 2 is 1.85 bits per heavy atom. The number of carbonyl (C=O) groups excluding carboxylic acids is 2. The number of carbonyl (C=O) groups is 2. The third kappa shape index (κ3) is 3.95. The molecule has 3 aliphatic rings. The van der Waals surface area contributed by atoms with Crippen molar-refractivity contribution in [2.75, 3.05) is 27.3 Å². The molecule has 2 aromatic rings. The van der Waals surface area contributed by atoms with Gasteiger partial charge in [-0.15, -0.1) is 0 Å². The van der Waals surface area contributed by atoms with E-state index in [1.165, 1.54) is 18.4 Å². The molecule has 2 aromatic carbocycles. The lowest BCUT2D eigenvalue weighted by atomic mass is 9.75. The summed E-state index contributed by atoms with van der Waals surface area (Å²) in [4.78, 5) is 29.1. The van der Waals surface area contributed by atoms with Crippen LogP contribution in [0.3, 0.4) is 0 Å². The standard InChI is InChI=1S/C28H32N2O4/c1-33-23-16-19-13-15-30-26(22(19)17-24(23)34-2)25(20-10-6-7-11-21(20)28(30)32)27(31)29-14-12-18-8-4-3-5-9-18/h6-8,10-11,16-17,25-26H,3-5,9,12-15H2,1-2H3,(H,29,31)/t25-,26-/m1/s1. The van der Waals surface area contributed by atoms with E-state index < -0.39 is 5.92 Å². The summed E-state index contributed by atoms with van der Waals surface area (Å²) in [6.45, 7) is 1.18. The van der Waals surface area contributed by atoms with Gasteiger partial charge in [0.05, 0.1) is 26.2 Å². The summed E-state index contributed by atoms with van der Waals surface area (Å²) in [5.41, 5.74) is 4.91. The second-order valence-corrected chi connectivity index (χ2v) is 9.31. The minimum Gasteiger partial charge on any atom is -0.493 e. The van der Waals surface area contributed by atoms with Gasteiger partial charge in [0.1, 0.15) is 0 Å². The average molecular weight is 461 g/mol. The van der Waals surface area contributed by atoms with Crippen molar-refractivity contribution in [3.8, 4) is 11.5 Å². The minimum atomic E-state index is -0.480. The molecule has 178 valence electrons. The van der Waals surface area contributed by atoms with Gasteiger partial charge in [-0.3, -0.25) is 9.59 Å². The van der Waals surface area contributed by atoms with Crippen LogP contribution < -0.4 is 14.8 Å². The number of amides is 2. The van der Waals surface area contributed by atoms with E-state index in [4.69, 9.17) is 9.47 Å². The van der Waals surface area contributed by atoms with Crippen molar-refractivity contribution in [3.63, 3.8) is 0 Å². The van der Waals surface area contributed by atoms with Crippen molar-refractivity contribution in [1.29, 1.82) is 0 Å². The van der Waals surface area contributed by atoms with Gasteiger partial charge in [0.2, 0.25) is 5.91 Å². The lowest BCUT2D eigenvalue weighted by molar-refractivity contribution is -0.124. The van der Waals surface area contributed by atoms with E-state index in [0.717, 1.165) is 36.0 Å². The van der Waals surface area contributed by atoms with Gasteiger partial charge in [-0.25, -0.2) is 0 Å². The Bertz CT molecular complexity index is 1140. The van der Waals surface area contributed by atoms with Crippen molar-refractivity contribution < 1.29 is 19.1 Å². The highest BCUT2D eigenvalue weighted by atomic mass is 16.5. The predicted octanol–water partition coefficient (Wildman–Crippen LogP) is 4.55. The molecule has 5 rings (SSSR count). The molecular formula is C28H32N2O4. The van der Waals surface area contributed by atoms with Crippen molar-refractivity contribution in [3.05, 3.63) is 70.3 Å². The van der Waals surface area contributed by atoms with Crippen molar-refractivity contribution >= 4 is 11.8 Å². The lowest BCUT2D eigenvalue weighted by Gasteiger charge is -2.45. The summed E-state index contributed by atoms with van der Waals surface area (Å²) in [7, 11) is 3.23. The van der Waals surface area contributed by atoms with Crippen LogP contribution in [-0.4, -0.2) is 44.0 Å². The molecule has 2 amide bonds. The Balaban J connectivity index is 1.51. The topological polar surface area (TPSA) is 67.9 Å². The lowest BCUT2D eigenvalue weighted by Crippen LogP contribution is -2.50. The minimum absolute atomic E-state index is 0.0163. The monoisotopic (exact) mass is 460 g/mol. The van der Waals surface area contributed by atoms with E-state index in [9.17, 15) is 9.59 Å². The highest BCUT2D eigenvalue weighted by Gasteiger charge is 2.46. The molecule has 0 saturated heterocycles. The van der Waals surface area contributed by atoms with Gasteiger partial charge < -0.3 is 19.7 Å². The Hall–Kier alpha value is -3.28. The normalized spacial score (nSPS) is 21.1. The number of ether oxygens (including phenoxy) is 2. The van der Waals surface area contributed by atoms with Gasteiger partial charge in [-0.05, 0) is 73.4 Å². The zero-order chi connectivity index (χ0) is 23.7. The van der Waals surface area contributed by atoms with Crippen molar-refractivity contribution in [1.82, 2.24) is 10.2 Å². The summed E-state index contributed by atoms with van der Waals surface area (Å²) in [6, 6.07) is 11.1. The quantitative estimate of drug-likeness (QED) is 0.643. The van der Waals surface area contributed by atoms with Crippen LogP contribution in [0.15, 0.2) is 48.0 Å². The highest BCUT2D eigenvalue weighted by molar-refractivity contribution is 6.01. The summed E-state index contributed by atoms with van der Waals surface area (Å²) in [5, 5.41) is 3.20. The van der Waals surface area contributed by atoms with Crippen LogP contribution in [0.1, 0.15) is 71.1 Å². The van der Waals surface area contributed by atoms with Crippen molar-refractivity contribution in [2.45, 2.75) is 50.5 Å². The first kappa shape index (κ1) is 22.5. The Morgan fingerprint density at radius 1 is 1.06 bits per heavy atom. The van der Waals surface area contributed by atoms with E-state index >= 15 is 0 Å². The fourth-order valence-electron chi connectivity index (χ4n) is 5.72. The first-order chi connectivity index (χ1) is 16.6. The fraction of sp³-hybridized carbons (Fsp3) is 0.429. The van der Waals surface area contributed by atoms with Crippen LogP contribution in [0.5, 0.6) is 11.5 Å². The maximum atomic E-state index is 13.7. The first-order valence-electron chi connectivity index (χ1n) is 12.2. The third-order valence-electron chi connectivity index (χ3n) is 7.44. The molecule has 0 aromatic heterocycles. The molecule has 2 heterocycles. The molecular weight excluding hydrogens is 428 g/mol. The number of rotatable bonds is 6. The zero-order valence-electron chi connectivity index (χ0n) is 19.9. The SMILES string of the molecule is COc1cc2c(cc1OC)[C@@H]1[C@H](C(=O)NCCC3=CCCCC3)c3ccccc3C(=O)N1CC2. The molecule has 6 heteroatoms. The molecule has 0 saturated carbocycles. The van der Waals surface area contributed by atoms with Crippen LogP contribution in [0.25, 0.3) is 0 Å². The molecule has 6 nitrogen and oxygen atoms in total. The predicted molar refractivity (Wildman–Crippen MR) is 130 cm³/mol. The molecule has 1 aliphatic carbocycles. The van der Waals surface area contributed by atoms with Crippen LogP contribution >= 0.6 is 0 Å². The van der Waals surface area contributed by atoms with E-state index in [1.54, 1.807) is 14.2 Å². The molecule has 2 atom stereocenters.